The third kappa shape index (κ3) is 8.41. The number of ketones is 1. The van der Waals surface area contributed by atoms with E-state index >= 15 is 0 Å². The van der Waals surface area contributed by atoms with E-state index in [0.717, 1.165) is 11.1 Å². The fraction of sp³-hybridized carbons (Fsp3) is 0.333. The van der Waals surface area contributed by atoms with Gasteiger partial charge in [0, 0.05) is 35.5 Å². The van der Waals surface area contributed by atoms with Crippen LogP contribution in [0, 0.1) is 5.41 Å². The highest BCUT2D eigenvalue weighted by molar-refractivity contribution is 7.76. The lowest BCUT2D eigenvalue weighted by Crippen LogP contribution is -2.24. The molecule has 21 heavy (non-hydrogen) atoms. The number of Topliss-reactive ketones (excluding diaryl/α,β-unsaturated/α-hetero) is 1. The van der Waals surface area contributed by atoms with Gasteiger partial charge in [-0.3, -0.25) is 14.4 Å². The van der Waals surface area contributed by atoms with Crippen LogP contribution in [0.4, 0.5) is 0 Å². The van der Waals surface area contributed by atoms with Gasteiger partial charge in [0.25, 0.3) is 0 Å². The smallest absolute Gasteiger partial charge is 0.193 e. The number of hydrogen-bond acceptors (Lipinski definition) is 4. The Morgan fingerprint density at radius 2 is 1.57 bits per heavy atom. The summed E-state index contributed by atoms with van der Waals surface area (Å²) in [5.41, 5.74) is 10.6. The monoisotopic (exact) mass is 335 g/mol. The summed E-state index contributed by atoms with van der Waals surface area (Å²) in [4.78, 5) is 10.8. The molecular weight excluding hydrogens is 316 g/mol. The van der Waals surface area contributed by atoms with Crippen molar-refractivity contribution in [3.63, 3.8) is 0 Å². The molecule has 0 radical (unpaired) electrons. The molecule has 1 unspecified atom stereocenters. The predicted molar refractivity (Wildman–Crippen MR) is 85.5 cm³/mol. The molecule has 2 rings (SSSR count). The van der Waals surface area contributed by atoms with Crippen LogP contribution >= 0.6 is 12.4 Å². The highest BCUT2D eigenvalue weighted by atomic mass is 35.5. The SMILES string of the molecule is CCN(CC)S(=O)[O-].Cl.N=C(N)N.O=C1C2=CC=C1C=C2. The number of nitrogens with one attached hydrogen (secondary N) is 1. The summed E-state index contributed by atoms with van der Waals surface area (Å²) in [5.74, 6) is -0.148. The van der Waals surface area contributed by atoms with Crippen molar-refractivity contribution in [2.75, 3.05) is 13.1 Å². The Morgan fingerprint density at radius 3 is 1.62 bits per heavy atom. The molecule has 0 aliphatic heterocycles. The minimum atomic E-state index is -2.02. The van der Waals surface area contributed by atoms with E-state index in [0.29, 0.717) is 13.1 Å². The molecule has 0 aromatic rings. The van der Waals surface area contributed by atoms with E-state index in [1.165, 1.54) is 4.31 Å². The molecule has 0 aromatic carbocycles. The third-order valence-electron chi connectivity index (χ3n) is 2.33. The molecule has 2 aliphatic rings. The number of nitrogens with zero attached hydrogens (tertiary/aromatic N) is 1. The average Bonchev–Trinajstić information content (AvgIpc) is 2.89. The van der Waals surface area contributed by atoms with Crippen molar-refractivity contribution in [1.82, 2.24) is 4.31 Å². The van der Waals surface area contributed by atoms with Gasteiger partial charge in [-0.1, -0.05) is 38.2 Å². The van der Waals surface area contributed by atoms with E-state index in [1.807, 2.05) is 24.3 Å². The molecular formula is C12H20ClN4O3S-. The molecule has 1 atom stereocenters. The van der Waals surface area contributed by atoms with Gasteiger partial charge in [0.15, 0.2) is 11.7 Å². The Kier molecular flexibility index (Phi) is 11.6. The first-order valence-corrected chi connectivity index (χ1v) is 6.95. The maximum Gasteiger partial charge on any atom is 0.193 e. The Labute approximate surface area is 133 Å². The van der Waals surface area contributed by atoms with Crippen LogP contribution in [-0.4, -0.2) is 37.9 Å². The van der Waals surface area contributed by atoms with Gasteiger partial charge in [0.2, 0.25) is 0 Å². The normalized spacial score (nSPS) is 15.0. The highest BCUT2D eigenvalue weighted by Gasteiger charge is 2.19. The topological polar surface area (TPSA) is 136 Å². The van der Waals surface area contributed by atoms with Crippen LogP contribution in [-0.2, 0) is 16.1 Å². The zero-order valence-corrected chi connectivity index (χ0v) is 13.5. The van der Waals surface area contributed by atoms with Crippen molar-refractivity contribution in [1.29, 1.82) is 5.41 Å². The van der Waals surface area contributed by atoms with Gasteiger partial charge in [0.05, 0.1) is 0 Å². The summed E-state index contributed by atoms with van der Waals surface area (Å²) in [5, 5.41) is 6.06. The summed E-state index contributed by atoms with van der Waals surface area (Å²) in [6, 6.07) is 0. The van der Waals surface area contributed by atoms with Gasteiger partial charge in [-0.2, -0.15) is 0 Å². The number of carbonyl (C=O) groups excluding carboxylic acids is 1. The molecule has 5 N–H and O–H groups in total. The molecule has 7 nitrogen and oxygen atoms in total. The molecule has 0 aromatic heterocycles. The first kappa shape index (κ1) is 21.8. The third-order valence-corrected chi connectivity index (χ3v) is 3.26. The number of guanidine groups is 1. The Morgan fingerprint density at radius 1 is 1.24 bits per heavy atom. The minimum absolute atomic E-state index is 0. The van der Waals surface area contributed by atoms with Crippen LogP contribution in [0.25, 0.3) is 0 Å². The van der Waals surface area contributed by atoms with E-state index in [2.05, 4.69) is 11.5 Å². The number of halogens is 1. The summed E-state index contributed by atoms with van der Waals surface area (Å²) >= 11 is -2.02. The second-order valence-corrected chi connectivity index (χ2v) is 4.64. The fourth-order valence-corrected chi connectivity index (χ4v) is 1.80. The molecule has 0 fully saturated rings. The average molecular weight is 336 g/mol. The lowest BCUT2D eigenvalue weighted by atomic mass is 10.2. The largest absolute Gasteiger partial charge is 0.760 e. The van der Waals surface area contributed by atoms with Crippen molar-refractivity contribution in [3.05, 3.63) is 35.5 Å². The zero-order chi connectivity index (χ0) is 15.7. The quantitative estimate of drug-likeness (QED) is 0.389. The van der Waals surface area contributed by atoms with Gasteiger partial charge < -0.3 is 16.0 Å². The molecule has 2 bridgehead atoms. The maximum absolute atomic E-state index is 10.8. The number of hydrogen-bond donors (Lipinski definition) is 3. The van der Waals surface area contributed by atoms with Crippen LogP contribution in [0.5, 0.6) is 0 Å². The van der Waals surface area contributed by atoms with Gasteiger partial charge >= 0.3 is 0 Å². The van der Waals surface area contributed by atoms with Gasteiger partial charge in [0.1, 0.15) is 0 Å². The minimum Gasteiger partial charge on any atom is -0.760 e. The molecule has 2 aliphatic carbocycles. The van der Waals surface area contributed by atoms with E-state index in [-0.39, 0.29) is 24.1 Å². The lowest BCUT2D eigenvalue weighted by molar-refractivity contribution is -0.111. The second-order valence-electron chi connectivity index (χ2n) is 3.69. The van der Waals surface area contributed by atoms with Crippen LogP contribution in [0.1, 0.15) is 13.8 Å². The molecule has 9 heteroatoms. The highest BCUT2D eigenvalue weighted by Crippen LogP contribution is 2.23. The standard InChI is InChI=1S/C7H4O.C4H11NO2S.CH5N3.ClH/c8-7-5-1-2-6(7)4-3-5;1-3-5(4-2)8(6)7;2-1(3)4;/h1-4H;3-4H2,1-2H3,(H,6,7);(H5,2,3,4);1H/p-1. The Bertz CT molecular complexity index is 457. The second kappa shape index (κ2) is 11.2. The molecule has 120 valence electrons. The predicted octanol–water partition coefficient (Wildman–Crippen LogP) is 0.374. The van der Waals surface area contributed by atoms with Crippen LogP contribution in [0.2, 0.25) is 0 Å². The summed E-state index contributed by atoms with van der Waals surface area (Å²) in [7, 11) is 0. The molecule has 0 spiro atoms. The first-order chi connectivity index (χ1) is 9.33. The molecule has 0 amide bonds. The first-order valence-electron chi connectivity index (χ1n) is 5.92. The summed E-state index contributed by atoms with van der Waals surface area (Å²) in [6.45, 7) is 4.73. The van der Waals surface area contributed by atoms with E-state index in [9.17, 15) is 13.6 Å². The number of rotatable bonds is 3. The molecule has 0 saturated carbocycles. The maximum atomic E-state index is 10.8. The van der Waals surface area contributed by atoms with Crippen LogP contribution < -0.4 is 11.5 Å². The lowest BCUT2D eigenvalue weighted by Gasteiger charge is -2.19. The summed E-state index contributed by atoms with van der Waals surface area (Å²) < 4.78 is 21.5. The fourth-order valence-electron chi connectivity index (χ4n) is 1.37. The van der Waals surface area contributed by atoms with Crippen LogP contribution in [0.15, 0.2) is 35.5 Å². The number of allylic oxidation sites excluding steroid dienone is 6. The summed E-state index contributed by atoms with van der Waals surface area (Å²) in [6.07, 6.45) is 7.38. The van der Waals surface area contributed by atoms with Gasteiger partial charge in [-0.05, 0) is 0 Å². The van der Waals surface area contributed by atoms with E-state index in [4.69, 9.17) is 5.41 Å². The Hall–Kier alpha value is -1.48. The Balaban J connectivity index is 0. The van der Waals surface area contributed by atoms with Crippen molar-refractivity contribution >= 4 is 35.4 Å². The van der Waals surface area contributed by atoms with E-state index < -0.39 is 11.3 Å². The number of fused-ring (bicyclic) bond motifs is 2. The van der Waals surface area contributed by atoms with Crippen LogP contribution in [0.3, 0.4) is 0 Å². The number of carbonyl (C=O) groups is 1. The van der Waals surface area contributed by atoms with Gasteiger partial charge in [-0.15, -0.1) is 12.4 Å². The zero-order valence-electron chi connectivity index (χ0n) is 11.9. The van der Waals surface area contributed by atoms with Crippen molar-refractivity contribution in [2.24, 2.45) is 11.5 Å². The van der Waals surface area contributed by atoms with Crippen molar-refractivity contribution in [2.45, 2.75) is 13.8 Å². The van der Waals surface area contributed by atoms with Crippen molar-refractivity contribution < 1.29 is 13.6 Å². The number of nitrogens with two attached hydrogens (primary N) is 2. The van der Waals surface area contributed by atoms with Gasteiger partial charge in [-0.25, -0.2) is 4.31 Å². The molecule has 0 saturated heterocycles. The van der Waals surface area contributed by atoms with E-state index in [1.54, 1.807) is 13.8 Å². The molecule has 0 heterocycles. The van der Waals surface area contributed by atoms with Crippen molar-refractivity contribution in [3.8, 4) is 0 Å².